The lowest BCUT2D eigenvalue weighted by molar-refractivity contribution is -0.142. The number of rotatable bonds is 5. The number of hydrogen-bond donors (Lipinski definition) is 0. The second kappa shape index (κ2) is 6.47. The van der Waals surface area contributed by atoms with Crippen molar-refractivity contribution < 1.29 is 9.53 Å². The molecule has 0 aliphatic carbocycles. The highest BCUT2D eigenvalue weighted by molar-refractivity contribution is 6.26. The Morgan fingerprint density at radius 3 is 2.36 bits per heavy atom. The Bertz CT molecular complexity index is 111. The van der Waals surface area contributed by atoms with E-state index in [1.54, 1.807) is 0 Å². The summed E-state index contributed by atoms with van der Waals surface area (Å²) in [7, 11) is 0. The van der Waals surface area contributed by atoms with Crippen LogP contribution in [-0.2, 0) is 9.53 Å². The van der Waals surface area contributed by atoms with Crippen LogP contribution in [0.25, 0.3) is 0 Å². The van der Waals surface area contributed by atoms with E-state index in [9.17, 15) is 4.79 Å². The van der Waals surface area contributed by atoms with Gasteiger partial charge < -0.3 is 4.74 Å². The van der Waals surface area contributed by atoms with Gasteiger partial charge in [0.05, 0.1) is 6.61 Å². The predicted molar refractivity (Wildman–Crippen MR) is 45.8 cm³/mol. The first-order valence-electron chi connectivity index (χ1n) is 3.96. The third-order valence-electron chi connectivity index (χ3n) is 1.74. The minimum absolute atomic E-state index is 0.0415. The van der Waals surface area contributed by atoms with Crippen LogP contribution in [0.15, 0.2) is 0 Å². The maximum atomic E-state index is 10.6. The molecule has 0 heterocycles. The number of halogens is 1. The monoisotopic (exact) mass is 178 g/mol. The van der Waals surface area contributed by atoms with Crippen molar-refractivity contribution in [3.8, 4) is 0 Å². The maximum Gasteiger partial charge on any atom is 0.320 e. The quantitative estimate of drug-likeness (QED) is 0.477. The molecule has 0 unspecified atom stereocenters. The zero-order valence-electron chi connectivity index (χ0n) is 7.10. The number of hydrogen-bond acceptors (Lipinski definition) is 2. The summed E-state index contributed by atoms with van der Waals surface area (Å²) >= 11 is 5.25. The number of alkyl halides is 1. The van der Waals surface area contributed by atoms with E-state index in [1.165, 1.54) is 0 Å². The van der Waals surface area contributed by atoms with Gasteiger partial charge in [0.15, 0.2) is 0 Å². The van der Waals surface area contributed by atoms with Crippen molar-refractivity contribution >= 4 is 17.6 Å². The van der Waals surface area contributed by atoms with Gasteiger partial charge in [0, 0.05) is 0 Å². The Balaban J connectivity index is 3.42. The fourth-order valence-corrected chi connectivity index (χ4v) is 0.851. The van der Waals surface area contributed by atoms with Crippen molar-refractivity contribution in [1.82, 2.24) is 0 Å². The highest BCUT2D eigenvalue weighted by Gasteiger charge is 2.06. The number of carbonyl (C=O) groups excluding carboxylic acids is 1. The lowest BCUT2D eigenvalue weighted by atomic mass is 10.1. The topological polar surface area (TPSA) is 26.3 Å². The summed E-state index contributed by atoms with van der Waals surface area (Å²) in [5.41, 5.74) is 0. The summed E-state index contributed by atoms with van der Waals surface area (Å²) in [6.45, 7) is 4.68. The Morgan fingerprint density at radius 2 is 2.00 bits per heavy atom. The lowest BCUT2D eigenvalue weighted by Gasteiger charge is -2.11. The van der Waals surface area contributed by atoms with Crippen LogP contribution in [0.4, 0.5) is 0 Å². The molecule has 0 fully saturated rings. The van der Waals surface area contributed by atoms with Crippen LogP contribution >= 0.6 is 11.6 Å². The second-order valence-corrected chi connectivity index (χ2v) is 2.77. The number of carbonyl (C=O) groups is 1. The fourth-order valence-electron chi connectivity index (χ4n) is 0.774. The summed E-state index contributed by atoms with van der Waals surface area (Å²) < 4.78 is 4.86. The highest BCUT2D eigenvalue weighted by Crippen LogP contribution is 2.07. The van der Waals surface area contributed by atoms with Gasteiger partial charge in [-0.25, -0.2) is 0 Å². The zero-order chi connectivity index (χ0) is 8.69. The van der Waals surface area contributed by atoms with E-state index in [0.29, 0.717) is 12.5 Å². The first-order chi connectivity index (χ1) is 5.24. The summed E-state index contributed by atoms with van der Waals surface area (Å²) in [5, 5.41) is 0. The van der Waals surface area contributed by atoms with Crippen molar-refractivity contribution in [3.05, 3.63) is 0 Å². The van der Waals surface area contributed by atoms with Gasteiger partial charge in [-0.3, -0.25) is 4.79 Å². The molecule has 0 aliphatic heterocycles. The Morgan fingerprint density at radius 1 is 1.45 bits per heavy atom. The van der Waals surface area contributed by atoms with E-state index in [4.69, 9.17) is 16.3 Å². The van der Waals surface area contributed by atoms with E-state index in [1.807, 2.05) is 0 Å². The zero-order valence-corrected chi connectivity index (χ0v) is 7.86. The summed E-state index contributed by atoms with van der Waals surface area (Å²) in [5.74, 6) is 0.126. The van der Waals surface area contributed by atoms with Gasteiger partial charge in [-0.15, -0.1) is 11.6 Å². The van der Waals surface area contributed by atoms with Crippen molar-refractivity contribution in [2.24, 2.45) is 5.92 Å². The van der Waals surface area contributed by atoms with Crippen LogP contribution in [0.5, 0.6) is 0 Å². The predicted octanol–water partition coefficient (Wildman–Crippen LogP) is 2.20. The minimum atomic E-state index is -0.321. The van der Waals surface area contributed by atoms with Crippen LogP contribution in [0, 0.1) is 5.92 Å². The van der Waals surface area contributed by atoms with Gasteiger partial charge in [0.2, 0.25) is 0 Å². The first kappa shape index (κ1) is 10.8. The summed E-state index contributed by atoms with van der Waals surface area (Å²) in [4.78, 5) is 10.6. The smallest absolute Gasteiger partial charge is 0.320 e. The Kier molecular flexibility index (Phi) is 6.33. The van der Waals surface area contributed by atoms with Gasteiger partial charge in [-0.05, 0) is 5.92 Å². The molecule has 0 atom stereocenters. The molecule has 0 rings (SSSR count). The molecular formula is C8H15ClO2. The van der Waals surface area contributed by atoms with E-state index in [0.717, 1.165) is 12.8 Å². The normalized spacial score (nSPS) is 10.2. The summed E-state index contributed by atoms with van der Waals surface area (Å²) in [6.07, 6.45) is 2.10. The van der Waals surface area contributed by atoms with Gasteiger partial charge in [-0.1, -0.05) is 26.7 Å². The van der Waals surface area contributed by atoms with E-state index in [2.05, 4.69) is 13.8 Å². The van der Waals surface area contributed by atoms with Crippen molar-refractivity contribution in [1.29, 1.82) is 0 Å². The molecule has 0 aromatic rings. The molecule has 0 aromatic heterocycles. The lowest BCUT2D eigenvalue weighted by Crippen LogP contribution is -2.13. The van der Waals surface area contributed by atoms with E-state index < -0.39 is 0 Å². The molecule has 0 aliphatic rings. The van der Waals surface area contributed by atoms with Crippen molar-refractivity contribution in [3.63, 3.8) is 0 Å². The molecule has 2 nitrogen and oxygen atoms in total. The molecule has 0 aromatic carbocycles. The first-order valence-corrected chi connectivity index (χ1v) is 4.49. The van der Waals surface area contributed by atoms with Crippen molar-refractivity contribution in [2.75, 3.05) is 12.5 Å². The van der Waals surface area contributed by atoms with Gasteiger partial charge in [0.25, 0.3) is 0 Å². The minimum Gasteiger partial charge on any atom is -0.465 e. The molecule has 0 bridgehead atoms. The molecular weight excluding hydrogens is 164 g/mol. The highest BCUT2D eigenvalue weighted by atomic mass is 35.5. The number of ether oxygens (including phenoxy) is 1. The SMILES string of the molecule is CCC(CC)COC(=O)CCl. The van der Waals surface area contributed by atoms with Crippen LogP contribution in [0.1, 0.15) is 26.7 Å². The second-order valence-electron chi connectivity index (χ2n) is 2.50. The van der Waals surface area contributed by atoms with Crippen LogP contribution < -0.4 is 0 Å². The molecule has 3 heteroatoms. The molecule has 0 radical (unpaired) electrons. The third kappa shape index (κ3) is 5.08. The van der Waals surface area contributed by atoms with E-state index >= 15 is 0 Å². The molecule has 0 saturated carbocycles. The van der Waals surface area contributed by atoms with Crippen LogP contribution in [0.2, 0.25) is 0 Å². The molecule has 0 amide bonds. The third-order valence-corrected chi connectivity index (χ3v) is 1.96. The van der Waals surface area contributed by atoms with E-state index in [-0.39, 0.29) is 11.8 Å². The number of esters is 1. The Labute approximate surface area is 72.9 Å². The molecule has 0 saturated heterocycles. The largest absolute Gasteiger partial charge is 0.465 e. The maximum absolute atomic E-state index is 10.6. The average molecular weight is 179 g/mol. The van der Waals surface area contributed by atoms with Gasteiger partial charge >= 0.3 is 5.97 Å². The van der Waals surface area contributed by atoms with Crippen LogP contribution in [-0.4, -0.2) is 18.5 Å². The molecule has 0 spiro atoms. The van der Waals surface area contributed by atoms with Gasteiger partial charge in [-0.2, -0.15) is 0 Å². The van der Waals surface area contributed by atoms with Crippen molar-refractivity contribution in [2.45, 2.75) is 26.7 Å². The molecule has 11 heavy (non-hydrogen) atoms. The van der Waals surface area contributed by atoms with Gasteiger partial charge in [0.1, 0.15) is 5.88 Å². The fraction of sp³-hybridized carbons (Fsp3) is 0.875. The van der Waals surface area contributed by atoms with Crippen LogP contribution in [0.3, 0.4) is 0 Å². The molecule has 0 N–H and O–H groups in total. The Hall–Kier alpha value is -0.240. The average Bonchev–Trinajstić information content (AvgIpc) is 2.06. The molecule has 66 valence electrons. The summed E-state index contributed by atoms with van der Waals surface area (Å²) in [6, 6.07) is 0. The standard InChI is InChI=1S/C8H15ClO2/c1-3-7(4-2)6-11-8(10)5-9/h7H,3-6H2,1-2H3.